The number of carbonyl (C=O) groups is 1. The third-order valence-electron chi connectivity index (χ3n) is 1.75. The minimum absolute atomic E-state index is 0.108. The smallest absolute Gasteiger partial charge is 0.173 e. The van der Waals surface area contributed by atoms with Gasteiger partial charge in [0.2, 0.25) is 0 Å². The van der Waals surface area contributed by atoms with Gasteiger partial charge in [0, 0.05) is 18.8 Å². The van der Waals surface area contributed by atoms with E-state index in [1.54, 1.807) is 24.5 Å². The van der Waals surface area contributed by atoms with Gasteiger partial charge in [-0.2, -0.15) is 0 Å². The first kappa shape index (κ1) is 9.84. The van der Waals surface area contributed by atoms with Gasteiger partial charge in [-0.25, -0.2) is 4.39 Å². The summed E-state index contributed by atoms with van der Waals surface area (Å²) in [5.74, 6) is -0.416. The standard InChI is InChI=1S/C10H12FNO/c1-10(2,11)9(13)6-8-4-3-5-12-7-8/h3-5,7H,6H2,1-2H3. The molecule has 0 saturated heterocycles. The predicted octanol–water partition coefficient (Wildman–Crippen LogP) is 1.94. The summed E-state index contributed by atoms with van der Waals surface area (Å²) in [6.07, 6.45) is 3.30. The van der Waals surface area contributed by atoms with Crippen LogP contribution >= 0.6 is 0 Å². The number of carbonyl (C=O) groups excluding carboxylic acids is 1. The van der Waals surface area contributed by atoms with Crippen LogP contribution in [0.25, 0.3) is 0 Å². The van der Waals surface area contributed by atoms with Crippen LogP contribution in [0, 0.1) is 0 Å². The molecule has 0 aliphatic carbocycles. The van der Waals surface area contributed by atoms with Gasteiger partial charge in [-0.15, -0.1) is 0 Å². The fourth-order valence-corrected chi connectivity index (χ4v) is 0.898. The fourth-order valence-electron chi connectivity index (χ4n) is 0.898. The number of aromatic nitrogens is 1. The van der Waals surface area contributed by atoms with Crippen molar-refractivity contribution in [2.45, 2.75) is 25.9 Å². The van der Waals surface area contributed by atoms with Gasteiger partial charge in [0.15, 0.2) is 11.5 Å². The zero-order valence-electron chi connectivity index (χ0n) is 7.75. The van der Waals surface area contributed by atoms with E-state index in [1.807, 2.05) is 0 Å². The van der Waals surface area contributed by atoms with Crippen molar-refractivity contribution < 1.29 is 9.18 Å². The molecule has 0 saturated carbocycles. The molecule has 0 atom stereocenters. The van der Waals surface area contributed by atoms with Gasteiger partial charge in [0.25, 0.3) is 0 Å². The van der Waals surface area contributed by atoms with Crippen LogP contribution in [0.1, 0.15) is 19.4 Å². The van der Waals surface area contributed by atoms with Crippen molar-refractivity contribution in [2.24, 2.45) is 0 Å². The summed E-state index contributed by atoms with van der Waals surface area (Å²) in [6.45, 7) is 2.54. The molecule has 0 aliphatic heterocycles. The highest BCUT2D eigenvalue weighted by molar-refractivity contribution is 5.88. The highest BCUT2D eigenvalue weighted by atomic mass is 19.1. The lowest BCUT2D eigenvalue weighted by atomic mass is 10.00. The molecule has 2 nitrogen and oxygen atoms in total. The van der Waals surface area contributed by atoms with Crippen LogP contribution in [-0.4, -0.2) is 16.4 Å². The Kier molecular flexibility index (Phi) is 2.76. The highest BCUT2D eigenvalue weighted by Crippen LogP contribution is 2.13. The molecule has 1 rings (SSSR count). The SMILES string of the molecule is CC(C)(F)C(=O)Cc1cccnc1. The number of ketones is 1. The van der Waals surface area contributed by atoms with E-state index >= 15 is 0 Å². The number of hydrogen-bond acceptors (Lipinski definition) is 2. The monoisotopic (exact) mass is 181 g/mol. The van der Waals surface area contributed by atoms with E-state index in [4.69, 9.17) is 0 Å². The van der Waals surface area contributed by atoms with Crippen molar-refractivity contribution in [3.8, 4) is 0 Å². The first-order chi connectivity index (χ1) is 6.00. The van der Waals surface area contributed by atoms with Gasteiger partial charge in [-0.05, 0) is 25.5 Å². The number of hydrogen-bond donors (Lipinski definition) is 0. The molecule has 1 aromatic heterocycles. The second-order valence-corrected chi connectivity index (χ2v) is 3.43. The lowest BCUT2D eigenvalue weighted by molar-refractivity contribution is -0.127. The van der Waals surface area contributed by atoms with Crippen LogP contribution in [0.2, 0.25) is 0 Å². The molecule has 1 heterocycles. The summed E-state index contributed by atoms with van der Waals surface area (Å²) >= 11 is 0. The molecular formula is C10H12FNO. The Morgan fingerprint density at radius 3 is 2.77 bits per heavy atom. The maximum Gasteiger partial charge on any atom is 0.173 e. The Morgan fingerprint density at radius 1 is 1.62 bits per heavy atom. The summed E-state index contributed by atoms with van der Waals surface area (Å²) in [6, 6.07) is 3.49. The number of alkyl halides is 1. The predicted molar refractivity (Wildman–Crippen MR) is 48.1 cm³/mol. The van der Waals surface area contributed by atoms with Gasteiger partial charge in [-0.3, -0.25) is 9.78 Å². The number of pyridine rings is 1. The van der Waals surface area contributed by atoms with E-state index in [9.17, 15) is 9.18 Å². The maximum atomic E-state index is 13.1. The second kappa shape index (κ2) is 3.64. The van der Waals surface area contributed by atoms with Crippen molar-refractivity contribution in [3.05, 3.63) is 30.1 Å². The molecule has 0 radical (unpaired) electrons. The lowest BCUT2D eigenvalue weighted by Gasteiger charge is -2.11. The molecule has 0 amide bonds. The summed E-state index contributed by atoms with van der Waals surface area (Å²) < 4.78 is 13.1. The van der Waals surface area contributed by atoms with Gasteiger partial charge < -0.3 is 0 Å². The highest BCUT2D eigenvalue weighted by Gasteiger charge is 2.25. The van der Waals surface area contributed by atoms with E-state index in [0.29, 0.717) is 0 Å². The van der Waals surface area contributed by atoms with Gasteiger partial charge in [0.05, 0.1) is 0 Å². The van der Waals surface area contributed by atoms with E-state index < -0.39 is 11.5 Å². The molecule has 0 spiro atoms. The largest absolute Gasteiger partial charge is 0.296 e. The van der Waals surface area contributed by atoms with E-state index in [-0.39, 0.29) is 6.42 Å². The molecule has 0 aromatic carbocycles. The molecule has 3 heteroatoms. The van der Waals surface area contributed by atoms with E-state index in [1.165, 1.54) is 13.8 Å². The maximum absolute atomic E-state index is 13.1. The third-order valence-corrected chi connectivity index (χ3v) is 1.75. The molecule has 0 aliphatic rings. The summed E-state index contributed by atoms with van der Waals surface area (Å²) in [4.78, 5) is 15.1. The van der Waals surface area contributed by atoms with Crippen molar-refractivity contribution in [1.29, 1.82) is 0 Å². The Morgan fingerprint density at radius 2 is 2.31 bits per heavy atom. The van der Waals surface area contributed by atoms with Crippen LogP contribution in [0.3, 0.4) is 0 Å². The van der Waals surface area contributed by atoms with Gasteiger partial charge in [0.1, 0.15) is 0 Å². The fraction of sp³-hybridized carbons (Fsp3) is 0.400. The molecule has 0 bridgehead atoms. The summed E-state index contributed by atoms with van der Waals surface area (Å²) in [5.41, 5.74) is -1.01. The van der Waals surface area contributed by atoms with E-state index in [0.717, 1.165) is 5.56 Å². The Balaban J connectivity index is 2.66. The summed E-state index contributed by atoms with van der Waals surface area (Å²) in [5, 5.41) is 0. The van der Waals surface area contributed by atoms with Crippen LogP contribution < -0.4 is 0 Å². The average Bonchev–Trinajstić information content (AvgIpc) is 2.04. The number of nitrogens with zero attached hydrogens (tertiary/aromatic N) is 1. The summed E-state index contributed by atoms with van der Waals surface area (Å²) in [7, 11) is 0. The van der Waals surface area contributed by atoms with Gasteiger partial charge >= 0.3 is 0 Å². The minimum atomic E-state index is -1.75. The van der Waals surface area contributed by atoms with Crippen molar-refractivity contribution in [3.63, 3.8) is 0 Å². The Bertz CT molecular complexity index is 290. The first-order valence-electron chi connectivity index (χ1n) is 4.11. The third kappa shape index (κ3) is 2.93. The van der Waals surface area contributed by atoms with Crippen molar-refractivity contribution in [2.75, 3.05) is 0 Å². The van der Waals surface area contributed by atoms with Crippen molar-refractivity contribution in [1.82, 2.24) is 4.98 Å². The molecular weight excluding hydrogens is 169 g/mol. The van der Waals surface area contributed by atoms with Crippen LogP contribution in [-0.2, 0) is 11.2 Å². The number of rotatable bonds is 3. The number of Topliss-reactive ketones (excluding diaryl/α,β-unsaturated/α-hetero) is 1. The lowest BCUT2D eigenvalue weighted by Crippen LogP contribution is -2.27. The molecule has 70 valence electrons. The van der Waals surface area contributed by atoms with Crippen LogP contribution in [0.15, 0.2) is 24.5 Å². The van der Waals surface area contributed by atoms with Crippen LogP contribution in [0.5, 0.6) is 0 Å². The Hall–Kier alpha value is -1.25. The number of halogens is 1. The molecule has 0 unspecified atom stereocenters. The minimum Gasteiger partial charge on any atom is -0.296 e. The molecule has 13 heavy (non-hydrogen) atoms. The van der Waals surface area contributed by atoms with Crippen LogP contribution in [0.4, 0.5) is 4.39 Å². The van der Waals surface area contributed by atoms with Crippen molar-refractivity contribution >= 4 is 5.78 Å². The normalized spacial score (nSPS) is 11.3. The van der Waals surface area contributed by atoms with E-state index in [2.05, 4.69) is 4.98 Å². The first-order valence-corrected chi connectivity index (χ1v) is 4.11. The Labute approximate surface area is 76.8 Å². The van der Waals surface area contributed by atoms with Gasteiger partial charge in [-0.1, -0.05) is 6.07 Å². The molecule has 0 fully saturated rings. The molecule has 1 aromatic rings. The molecule has 0 N–H and O–H groups in total. The second-order valence-electron chi connectivity index (χ2n) is 3.43. The zero-order valence-corrected chi connectivity index (χ0v) is 7.75. The average molecular weight is 181 g/mol. The zero-order chi connectivity index (χ0) is 9.90. The quantitative estimate of drug-likeness (QED) is 0.713. The topological polar surface area (TPSA) is 30.0 Å².